The normalized spacial score (nSPS) is 18.0. The fourth-order valence-electron chi connectivity index (χ4n) is 1.71. The highest BCUT2D eigenvalue weighted by atomic mass is 16.7. The van der Waals surface area contributed by atoms with Crippen molar-refractivity contribution < 1.29 is 9.47 Å². The van der Waals surface area contributed by atoms with Gasteiger partial charge in [0.1, 0.15) is 0 Å². The average Bonchev–Trinajstić information content (AvgIpc) is 2.83. The van der Waals surface area contributed by atoms with E-state index in [1.165, 1.54) is 0 Å². The number of hydrogen-bond donors (Lipinski definition) is 0. The topological polar surface area (TPSA) is 67.2 Å². The van der Waals surface area contributed by atoms with Gasteiger partial charge in [-0.1, -0.05) is 35.4 Å². The quantitative estimate of drug-likeness (QED) is 0.443. The van der Waals surface area contributed by atoms with Crippen molar-refractivity contribution in [3.8, 4) is 0 Å². The first kappa shape index (κ1) is 11.0. The minimum Gasteiger partial charge on any atom is -0.350 e. The molecule has 1 aliphatic rings. The minimum absolute atomic E-state index is 0.296. The van der Waals surface area contributed by atoms with Crippen molar-refractivity contribution in [2.75, 3.05) is 13.2 Å². The van der Waals surface area contributed by atoms with Gasteiger partial charge in [0.2, 0.25) is 0 Å². The van der Waals surface area contributed by atoms with Gasteiger partial charge in [0, 0.05) is 4.91 Å². The molecular weight excluding hydrogens is 206 g/mol. The fourth-order valence-corrected chi connectivity index (χ4v) is 1.71. The van der Waals surface area contributed by atoms with E-state index in [0.717, 1.165) is 5.56 Å². The zero-order valence-corrected chi connectivity index (χ0v) is 8.82. The number of rotatable bonds is 4. The highest BCUT2D eigenvalue weighted by molar-refractivity contribution is 5.16. The Kier molecular flexibility index (Phi) is 3.77. The Morgan fingerprint density at radius 3 is 2.62 bits per heavy atom. The molecule has 5 nitrogen and oxygen atoms in total. The minimum atomic E-state index is -0.406. The van der Waals surface area contributed by atoms with E-state index in [2.05, 4.69) is 10.0 Å². The molecule has 1 fully saturated rings. The van der Waals surface area contributed by atoms with E-state index in [0.29, 0.717) is 19.6 Å². The molecule has 0 spiro atoms. The predicted molar refractivity (Wildman–Crippen MR) is 58.8 cm³/mol. The molecule has 1 heterocycles. The largest absolute Gasteiger partial charge is 0.350 e. The molecule has 1 aromatic rings. The molecule has 0 aliphatic carbocycles. The summed E-state index contributed by atoms with van der Waals surface area (Å²) in [4.78, 5) is 2.84. The van der Waals surface area contributed by atoms with Gasteiger partial charge in [-0.25, -0.2) is 0 Å². The van der Waals surface area contributed by atoms with Gasteiger partial charge in [-0.05, 0) is 17.5 Å². The Morgan fingerprint density at radius 2 is 2.00 bits per heavy atom. The molecule has 5 heteroatoms. The SMILES string of the molecule is [N-]=[N+]=NC(Cc1ccccc1)C1OCCO1. The summed E-state index contributed by atoms with van der Waals surface area (Å²) in [6.45, 7) is 1.13. The van der Waals surface area contributed by atoms with Crippen LogP contribution in [0.4, 0.5) is 0 Å². The van der Waals surface area contributed by atoms with E-state index >= 15 is 0 Å². The van der Waals surface area contributed by atoms with Crippen LogP contribution in [-0.2, 0) is 15.9 Å². The highest BCUT2D eigenvalue weighted by Crippen LogP contribution is 2.16. The maximum Gasteiger partial charge on any atom is 0.166 e. The van der Waals surface area contributed by atoms with Crippen molar-refractivity contribution in [2.45, 2.75) is 18.8 Å². The predicted octanol–water partition coefficient (Wildman–Crippen LogP) is 2.28. The summed E-state index contributed by atoms with van der Waals surface area (Å²) >= 11 is 0. The van der Waals surface area contributed by atoms with Gasteiger partial charge in [-0.15, -0.1) is 0 Å². The van der Waals surface area contributed by atoms with Gasteiger partial charge < -0.3 is 9.47 Å². The Hall–Kier alpha value is -1.55. The van der Waals surface area contributed by atoms with E-state index in [1.54, 1.807) is 0 Å². The van der Waals surface area contributed by atoms with Gasteiger partial charge in [-0.3, -0.25) is 0 Å². The Labute approximate surface area is 93.6 Å². The van der Waals surface area contributed by atoms with Gasteiger partial charge in [-0.2, -0.15) is 0 Å². The van der Waals surface area contributed by atoms with E-state index in [-0.39, 0.29) is 6.04 Å². The molecule has 1 aromatic carbocycles. The molecule has 1 unspecified atom stereocenters. The summed E-state index contributed by atoms with van der Waals surface area (Å²) in [5.41, 5.74) is 9.63. The first-order chi connectivity index (χ1) is 7.90. The summed E-state index contributed by atoms with van der Waals surface area (Å²) in [7, 11) is 0. The molecule has 84 valence electrons. The number of azide groups is 1. The molecule has 1 saturated heterocycles. The molecule has 0 N–H and O–H groups in total. The van der Waals surface area contributed by atoms with Crippen LogP contribution in [0.2, 0.25) is 0 Å². The molecule has 0 aromatic heterocycles. The van der Waals surface area contributed by atoms with Crippen molar-refractivity contribution in [2.24, 2.45) is 5.11 Å². The standard InChI is InChI=1S/C11H13N3O2/c12-14-13-10(11-15-6-7-16-11)8-9-4-2-1-3-5-9/h1-5,10-11H,6-8H2. The third-order valence-electron chi connectivity index (χ3n) is 2.45. The second-order valence-electron chi connectivity index (χ2n) is 3.57. The monoisotopic (exact) mass is 219 g/mol. The fraction of sp³-hybridized carbons (Fsp3) is 0.455. The lowest BCUT2D eigenvalue weighted by atomic mass is 10.1. The van der Waals surface area contributed by atoms with E-state index in [1.807, 2.05) is 30.3 Å². The number of benzene rings is 1. The smallest absolute Gasteiger partial charge is 0.166 e. The van der Waals surface area contributed by atoms with Crippen LogP contribution in [0.25, 0.3) is 10.4 Å². The zero-order valence-electron chi connectivity index (χ0n) is 8.82. The molecule has 0 amide bonds. The van der Waals surface area contributed by atoms with Crippen LogP contribution in [0.15, 0.2) is 35.4 Å². The van der Waals surface area contributed by atoms with Crippen molar-refractivity contribution in [3.05, 3.63) is 46.3 Å². The van der Waals surface area contributed by atoms with E-state index in [4.69, 9.17) is 15.0 Å². The number of hydrogen-bond acceptors (Lipinski definition) is 3. The molecule has 1 atom stereocenters. The Morgan fingerprint density at radius 1 is 1.31 bits per heavy atom. The lowest BCUT2D eigenvalue weighted by molar-refractivity contribution is -0.0584. The third kappa shape index (κ3) is 2.73. The molecule has 0 saturated carbocycles. The second-order valence-corrected chi connectivity index (χ2v) is 3.57. The summed E-state index contributed by atoms with van der Waals surface area (Å²) in [6.07, 6.45) is 0.228. The molecule has 0 bridgehead atoms. The summed E-state index contributed by atoms with van der Waals surface area (Å²) in [5, 5.41) is 3.73. The number of ether oxygens (including phenoxy) is 2. The van der Waals surface area contributed by atoms with Crippen LogP contribution in [0.5, 0.6) is 0 Å². The molecule has 2 rings (SSSR count). The zero-order chi connectivity index (χ0) is 11.2. The van der Waals surface area contributed by atoms with Crippen LogP contribution < -0.4 is 0 Å². The van der Waals surface area contributed by atoms with Crippen LogP contribution in [0.3, 0.4) is 0 Å². The van der Waals surface area contributed by atoms with E-state index < -0.39 is 6.29 Å². The third-order valence-corrected chi connectivity index (χ3v) is 2.45. The Bertz CT molecular complexity index is 370. The van der Waals surface area contributed by atoms with Crippen molar-refractivity contribution in [3.63, 3.8) is 0 Å². The van der Waals surface area contributed by atoms with Gasteiger partial charge in [0.25, 0.3) is 0 Å². The second kappa shape index (κ2) is 5.51. The lowest BCUT2D eigenvalue weighted by Crippen LogP contribution is -2.27. The molecule has 0 radical (unpaired) electrons. The van der Waals surface area contributed by atoms with Crippen LogP contribution in [0, 0.1) is 0 Å². The first-order valence-electron chi connectivity index (χ1n) is 5.21. The van der Waals surface area contributed by atoms with Crippen molar-refractivity contribution in [1.29, 1.82) is 0 Å². The number of nitrogens with zero attached hydrogens (tertiary/aromatic N) is 3. The average molecular weight is 219 g/mol. The lowest BCUT2D eigenvalue weighted by Gasteiger charge is -2.17. The van der Waals surface area contributed by atoms with Crippen LogP contribution in [-0.4, -0.2) is 25.5 Å². The summed E-state index contributed by atoms with van der Waals surface area (Å²) in [6, 6.07) is 9.56. The van der Waals surface area contributed by atoms with Crippen LogP contribution >= 0.6 is 0 Å². The first-order valence-corrected chi connectivity index (χ1v) is 5.21. The van der Waals surface area contributed by atoms with E-state index in [9.17, 15) is 0 Å². The van der Waals surface area contributed by atoms with Crippen molar-refractivity contribution >= 4 is 0 Å². The van der Waals surface area contributed by atoms with Crippen molar-refractivity contribution in [1.82, 2.24) is 0 Å². The van der Waals surface area contributed by atoms with Gasteiger partial charge >= 0.3 is 0 Å². The Balaban J connectivity index is 2.05. The maximum atomic E-state index is 8.52. The van der Waals surface area contributed by atoms with Gasteiger partial charge in [0.05, 0.1) is 19.3 Å². The van der Waals surface area contributed by atoms with Crippen LogP contribution in [0.1, 0.15) is 5.56 Å². The summed E-state index contributed by atoms with van der Waals surface area (Å²) < 4.78 is 10.7. The molecule has 16 heavy (non-hydrogen) atoms. The molecular formula is C11H13N3O2. The highest BCUT2D eigenvalue weighted by Gasteiger charge is 2.26. The van der Waals surface area contributed by atoms with Gasteiger partial charge in [0.15, 0.2) is 6.29 Å². The maximum absolute atomic E-state index is 8.52. The summed E-state index contributed by atoms with van der Waals surface area (Å²) in [5.74, 6) is 0. The molecule has 1 aliphatic heterocycles.